The van der Waals surface area contributed by atoms with Gasteiger partial charge in [-0.2, -0.15) is 0 Å². The van der Waals surface area contributed by atoms with Crippen LogP contribution in [0.1, 0.15) is 24.9 Å². The van der Waals surface area contributed by atoms with Crippen molar-refractivity contribution < 1.29 is 19.2 Å². The van der Waals surface area contributed by atoms with E-state index in [9.17, 15) is 9.59 Å². The first kappa shape index (κ1) is 23.5. The Balaban J connectivity index is 1.42. The van der Waals surface area contributed by atoms with Gasteiger partial charge < -0.3 is 4.74 Å². The number of halogens is 1. The smallest absolute Gasteiger partial charge is 0.266 e. The van der Waals surface area contributed by atoms with Crippen LogP contribution in [0.2, 0.25) is 5.15 Å². The SMILES string of the molecule is CCCOc1ccc(N2C(=O)[C@@H]3[C@@H](ON(c4ccccc4)[C@H]3c3cc4ccccc4nc3Cl)C2=O)cc1. The van der Waals surface area contributed by atoms with Gasteiger partial charge in [-0.3, -0.25) is 14.4 Å². The monoisotopic (exact) mass is 513 g/mol. The summed E-state index contributed by atoms with van der Waals surface area (Å²) in [5, 5.41) is 2.78. The molecule has 0 unspecified atom stereocenters. The Labute approximate surface area is 219 Å². The molecule has 2 saturated heterocycles. The maximum atomic E-state index is 13.9. The number of pyridine rings is 1. The first-order valence-electron chi connectivity index (χ1n) is 12.2. The van der Waals surface area contributed by atoms with Crippen molar-refractivity contribution in [2.45, 2.75) is 25.5 Å². The minimum atomic E-state index is -0.990. The second-order valence-electron chi connectivity index (χ2n) is 9.07. The molecule has 8 heteroatoms. The number of hydrogen-bond donors (Lipinski definition) is 0. The van der Waals surface area contributed by atoms with E-state index in [-0.39, 0.29) is 11.1 Å². The molecule has 0 N–H and O–H groups in total. The number of ether oxygens (including phenoxy) is 1. The number of carbonyl (C=O) groups excluding carboxylic acids is 2. The number of benzene rings is 3. The first-order chi connectivity index (χ1) is 18.1. The number of imide groups is 1. The summed E-state index contributed by atoms with van der Waals surface area (Å²) in [6.07, 6.45) is -0.104. The van der Waals surface area contributed by atoms with Gasteiger partial charge in [0.25, 0.3) is 5.91 Å². The molecular formula is C29H24ClN3O4. The predicted molar refractivity (Wildman–Crippen MR) is 141 cm³/mol. The molecule has 0 spiro atoms. The lowest BCUT2D eigenvalue weighted by Crippen LogP contribution is -2.37. The van der Waals surface area contributed by atoms with Gasteiger partial charge in [0.2, 0.25) is 5.91 Å². The summed E-state index contributed by atoms with van der Waals surface area (Å²) in [6.45, 7) is 2.62. The summed E-state index contributed by atoms with van der Waals surface area (Å²) in [6, 6.07) is 25.3. The number of nitrogens with zero attached hydrogens (tertiary/aromatic N) is 3. The van der Waals surface area contributed by atoms with Crippen molar-refractivity contribution in [3.8, 4) is 5.75 Å². The highest BCUT2D eigenvalue weighted by Gasteiger charge is 2.60. The zero-order chi connectivity index (χ0) is 25.5. The molecule has 186 valence electrons. The van der Waals surface area contributed by atoms with Crippen LogP contribution >= 0.6 is 11.6 Å². The maximum absolute atomic E-state index is 13.9. The molecule has 2 fully saturated rings. The Bertz CT molecular complexity index is 1480. The van der Waals surface area contributed by atoms with Crippen molar-refractivity contribution in [3.63, 3.8) is 0 Å². The summed E-state index contributed by atoms with van der Waals surface area (Å²) < 4.78 is 5.65. The number of aromatic nitrogens is 1. The van der Waals surface area contributed by atoms with Crippen LogP contribution in [0.15, 0.2) is 84.9 Å². The van der Waals surface area contributed by atoms with Gasteiger partial charge in [0.1, 0.15) is 16.8 Å². The van der Waals surface area contributed by atoms with E-state index >= 15 is 0 Å². The van der Waals surface area contributed by atoms with Crippen molar-refractivity contribution >= 4 is 45.7 Å². The van der Waals surface area contributed by atoms with E-state index in [1.165, 1.54) is 4.90 Å². The molecule has 3 aromatic carbocycles. The molecule has 2 aliphatic rings. The number of hydrogen-bond acceptors (Lipinski definition) is 6. The molecule has 0 aliphatic carbocycles. The number of carbonyl (C=O) groups is 2. The van der Waals surface area contributed by atoms with Gasteiger partial charge in [-0.15, -0.1) is 0 Å². The summed E-state index contributed by atoms with van der Waals surface area (Å²) in [4.78, 5) is 39.5. The van der Waals surface area contributed by atoms with Crippen LogP contribution in [-0.2, 0) is 14.4 Å². The third kappa shape index (κ3) is 4.00. The number of fused-ring (bicyclic) bond motifs is 2. The van der Waals surface area contributed by atoms with Gasteiger partial charge >= 0.3 is 0 Å². The van der Waals surface area contributed by atoms with E-state index in [1.807, 2.05) is 67.6 Å². The zero-order valence-corrected chi connectivity index (χ0v) is 20.8. The van der Waals surface area contributed by atoms with Crippen LogP contribution < -0.4 is 14.7 Å². The van der Waals surface area contributed by atoms with Crippen LogP contribution in [0, 0.1) is 5.92 Å². The van der Waals surface area contributed by atoms with E-state index in [4.69, 9.17) is 21.2 Å². The van der Waals surface area contributed by atoms with Crippen LogP contribution in [-0.4, -0.2) is 29.5 Å². The highest BCUT2D eigenvalue weighted by atomic mass is 35.5. The highest BCUT2D eigenvalue weighted by molar-refractivity contribution is 6.31. The second kappa shape index (κ2) is 9.50. The quantitative estimate of drug-likeness (QED) is 0.242. The maximum Gasteiger partial charge on any atom is 0.266 e. The minimum Gasteiger partial charge on any atom is -0.494 e. The molecule has 6 rings (SSSR count). The molecule has 0 bridgehead atoms. The number of rotatable bonds is 6. The highest BCUT2D eigenvalue weighted by Crippen LogP contribution is 2.49. The third-order valence-electron chi connectivity index (χ3n) is 6.72. The predicted octanol–water partition coefficient (Wildman–Crippen LogP) is 5.73. The van der Waals surface area contributed by atoms with Crippen molar-refractivity contribution in [2.24, 2.45) is 5.92 Å². The third-order valence-corrected chi connectivity index (χ3v) is 7.02. The van der Waals surface area contributed by atoms with Gasteiger partial charge in [-0.05, 0) is 55.0 Å². The van der Waals surface area contributed by atoms with E-state index in [0.717, 1.165) is 23.0 Å². The molecule has 7 nitrogen and oxygen atoms in total. The summed E-state index contributed by atoms with van der Waals surface area (Å²) >= 11 is 6.71. The van der Waals surface area contributed by atoms with Gasteiger partial charge in [-0.25, -0.2) is 14.9 Å². The summed E-state index contributed by atoms with van der Waals surface area (Å²) in [5.74, 6) is -0.872. The molecule has 37 heavy (non-hydrogen) atoms. The lowest BCUT2D eigenvalue weighted by atomic mass is 9.90. The minimum absolute atomic E-state index is 0.269. The van der Waals surface area contributed by atoms with Gasteiger partial charge in [0.15, 0.2) is 6.10 Å². The first-order valence-corrected chi connectivity index (χ1v) is 12.6. The number of para-hydroxylation sites is 2. The van der Waals surface area contributed by atoms with E-state index in [0.29, 0.717) is 23.6 Å². The number of amides is 2. The molecule has 2 amide bonds. The van der Waals surface area contributed by atoms with Crippen LogP contribution in [0.4, 0.5) is 11.4 Å². The molecule has 0 radical (unpaired) electrons. The Morgan fingerprint density at radius 1 is 0.919 bits per heavy atom. The van der Waals surface area contributed by atoms with Gasteiger partial charge in [0.05, 0.1) is 29.5 Å². The van der Waals surface area contributed by atoms with Crippen molar-refractivity contribution in [1.29, 1.82) is 0 Å². The summed E-state index contributed by atoms with van der Waals surface area (Å²) in [7, 11) is 0. The van der Waals surface area contributed by atoms with Crippen LogP contribution in [0.3, 0.4) is 0 Å². The van der Waals surface area contributed by atoms with Crippen LogP contribution in [0.25, 0.3) is 10.9 Å². The van der Waals surface area contributed by atoms with E-state index in [2.05, 4.69) is 4.98 Å². The van der Waals surface area contributed by atoms with Crippen LogP contribution in [0.5, 0.6) is 5.75 Å². The Hall–Kier alpha value is -3.94. The van der Waals surface area contributed by atoms with E-state index in [1.54, 1.807) is 29.3 Å². The fourth-order valence-electron chi connectivity index (χ4n) is 5.01. The molecule has 1 aromatic heterocycles. The topological polar surface area (TPSA) is 72.0 Å². The Morgan fingerprint density at radius 3 is 2.41 bits per heavy atom. The largest absolute Gasteiger partial charge is 0.494 e. The summed E-state index contributed by atoms with van der Waals surface area (Å²) in [5.41, 5.74) is 2.57. The number of hydroxylamine groups is 1. The molecule has 3 atom stereocenters. The standard InChI is InChI=1S/C29H24ClN3O4/c1-2-16-36-21-14-12-19(13-15-21)32-28(34)24-25(22-17-18-8-6-7-11-23(18)31-27(22)30)33(37-26(24)29(32)35)20-9-4-3-5-10-20/h3-15,17,24-26H,2,16H2,1H3/t24-,25-,26+/m0/s1. The average molecular weight is 514 g/mol. The fraction of sp³-hybridized carbons (Fsp3) is 0.207. The van der Waals surface area contributed by atoms with Gasteiger partial charge in [0, 0.05) is 10.9 Å². The van der Waals surface area contributed by atoms with Gasteiger partial charge in [-0.1, -0.05) is 54.9 Å². The Morgan fingerprint density at radius 2 is 1.65 bits per heavy atom. The molecule has 4 aromatic rings. The van der Waals surface area contributed by atoms with Crippen molar-refractivity contribution in [3.05, 3.63) is 95.6 Å². The average Bonchev–Trinajstić information content (AvgIpc) is 3.43. The molecule has 2 aliphatic heterocycles. The van der Waals surface area contributed by atoms with E-state index < -0.39 is 24.0 Å². The Kier molecular flexibility index (Phi) is 6.02. The lowest BCUT2D eigenvalue weighted by molar-refractivity contribution is -0.126. The second-order valence-corrected chi connectivity index (χ2v) is 9.43. The lowest BCUT2D eigenvalue weighted by Gasteiger charge is -2.29. The molecular weight excluding hydrogens is 490 g/mol. The number of anilines is 2. The molecule has 3 heterocycles. The van der Waals surface area contributed by atoms with Crippen molar-refractivity contribution in [2.75, 3.05) is 16.6 Å². The fourth-order valence-corrected chi connectivity index (χ4v) is 5.27. The van der Waals surface area contributed by atoms with Crippen molar-refractivity contribution in [1.82, 2.24) is 4.98 Å². The zero-order valence-electron chi connectivity index (χ0n) is 20.1. The molecule has 0 saturated carbocycles. The normalized spacial score (nSPS) is 21.1.